The van der Waals surface area contributed by atoms with Crippen LogP contribution in [0.15, 0.2) is 46.9 Å². The van der Waals surface area contributed by atoms with E-state index in [0.717, 1.165) is 15.7 Å². The topological polar surface area (TPSA) is 64.9 Å². The van der Waals surface area contributed by atoms with Gasteiger partial charge in [-0.15, -0.1) is 0 Å². The van der Waals surface area contributed by atoms with Crippen molar-refractivity contribution in [3.05, 3.63) is 58.1 Å². The van der Waals surface area contributed by atoms with Crippen molar-refractivity contribution in [3.63, 3.8) is 0 Å². The fourth-order valence-electron chi connectivity index (χ4n) is 1.84. The van der Waals surface area contributed by atoms with Crippen LogP contribution in [0.4, 0.5) is 11.4 Å². The smallest absolute Gasteiger partial charge is 0.243 e. The Bertz CT molecular complexity index is 707. The van der Waals surface area contributed by atoms with E-state index < -0.39 is 0 Å². The summed E-state index contributed by atoms with van der Waals surface area (Å²) >= 11 is 3.35. The molecule has 0 fully saturated rings. The first kappa shape index (κ1) is 15.1. The van der Waals surface area contributed by atoms with Crippen molar-refractivity contribution in [2.45, 2.75) is 6.92 Å². The lowest BCUT2D eigenvalue weighted by molar-refractivity contribution is -0.114. The molecule has 0 saturated heterocycles. The van der Waals surface area contributed by atoms with Gasteiger partial charge in [0.25, 0.3) is 0 Å². The van der Waals surface area contributed by atoms with E-state index in [4.69, 9.17) is 5.26 Å². The quantitative estimate of drug-likeness (QED) is 0.889. The van der Waals surface area contributed by atoms with E-state index >= 15 is 0 Å². The van der Waals surface area contributed by atoms with Crippen molar-refractivity contribution >= 4 is 33.2 Å². The molecule has 0 saturated carbocycles. The van der Waals surface area contributed by atoms with Crippen LogP contribution < -0.4 is 10.6 Å². The highest BCUT2D eigenvalue weighted by atomic mass is 79.9. The van der Waals surface area contributed by atoms with Crippen LogP contribution in [0.2, 0.25) is 0 Å². The van der Waals surface area contributed by atoms with Crippen LogP contribution in [0.3, 0.4) is 0 Å². The third kappa shape index (κ3) is 4.07. The number of hydrogen-bond donors (Lipinski definition) is 2. The van der Waals surface area contributed by atoms with E-state index in [1.54, 1.807) is 18.2 Å². The molecule has 2 aromatic rings. The number of carbonyl (C=O) groups is 1. The maximum Gasteiger partial charge on any atom is 0.243 e. The van der Waals surface area contributed by atoms with Gasteiger partial charge in [0.1, 0.15) is 6.07 Å². The van der Waals surface area contributed by atoms with E-state index in [9.17, 15) is 4.79 Å². The summed E-state index contributed by atoms with van der Waals surface area (Å²) in [5, 5.41) is 14.9. The Morgan fingerprint density at radius 3 is 2.71 bits per heavy atom. The van der Waals surface area contributed by atoms with E-state index in [1.807, 2.05) is 31.2 Å². The molecule has 106 valence electrons. The Morgan fingerprint density at radius 1 is 1.24 bits per heavy atom. The molecule has 2 aromatic carbocycles. The van der Waals surface area contributed by atoms with Crippen LogP contribution >= 0.6 is 15.9 Å². The van der Waals surface area contributed by atoms with Crippen molar-refractivity contribution < 1.29 is 4.79 Å². The van der Waals surface area contributed by atoms with Crippen molar-refractivity contribution in [1.82, 2.24) is 0 Å². The second-order valence-electron chi connectivity index (χ2n) is 4.52. The van der Waals surface area contributed by atoms with Gasteiger partial charge in [0, 0.05) is 10.2 Å². The number of hydrogen-bond acceptors (Lipinski definition) is 3. The normalized spacial score (nSPS) is 9.76. The first-order chi connectivity index (χ1) is 10.1. The van der Waals surface area contributed by atoms with Gasteiger partial charge in [0.2, 0.25) is 5.91 Å². The fourth-order valence-corrected chi connectivity index (χ4v) is 2.20. The van der Waals surface area contributed by atoms with Gasteiger partial charge >= 0.3 is 0 Å². The van der Waals surface area contributed by atoms with Gasteiger partial charge in [0.05, 0.1) is 17.8 Å². The number of amides is 1. The minimum absolute atomic E-state index is 0.0967. The van der Waals surface area contributed by atoms with Crippen LogP contribution in [-0.4, -0.2) is 12.5 Å². The maximum absolute atomic E-state index is 12.0. The lowest BCUT2D eigenvalue weighted by atomic mass is 10.2. The second kappa shape index (κ2) is 6.91. The summed E-state index contributed by atoms with van der Waals surface area (Å²) in [5.41, 5.74) is 2.93. The number of nitrogens with one attached hydrogen (secondary N) is 2. The van der Waals surface area contributed by atoms with Crippen LogP contribution in [0.25, 0.3) is 0 Å². The molecule has 4 nitrogen and oxygen atoms in total. The first-order valence-corrected chi connectivity index (χ1v) is 7.18. The average molecular weight is 344 g/mol. The Hall–Kier alpha value is -2.32. The Labute approximate surface area is 131 Å². The minimum atomic E-state index is -0.159. The number of aryl methyl sites for hydroxylation is 1. The van der Waals surface area contributed by atoms with Crippen molar-refractivity contribution in [1.29, 1.82) is 5.26 Å². The molecule has 0 aliphatic carbocycles. The Morgan fingerprint density at radius 2 is 2.00 bits per heavy atom. The Kier molecular flexibility index (Phi) is 4.96. The molecular formula is C16H14BrN3O. The highest BCUT2D eigenvalue weighted by Gasteiger charge is 2.07. The third-order valence-corrected chi connectivity index (χ3v) is 3.45. The molecule has 5 heteroatoms. The molecule has 0 radical (unpaired) electrons. The van der Waals surface area contributed by atoms with E-state index in [-0.39, 0.29) is 12.5 Å². The molecule has 0 aliphatic heterocycles. The standard InChI is InChI=1S/C16H14BrN3O/c1-11-4-2-3-5-14(11)20-16(21)10-19-15-8-13(17)7-6-12(15)9-18/h2-8,19H,10H2,1H3,(H,20,21). The SMILES string of the molecule is Cc1ccccc1NC(=O)CNc1cc(Br)ccc1C#N. The number of anilines is 2. The van der Waals surface area contributed by atoms with Gasteiger partial charge in [-0.1, -0.05) is 34.1 Å². The molecule has 2 N–H and O–H groups in total. The average Bonchev–Trinajstić information content (AvgIpc) is 2.48. The monoisotopic (exact) mass is 343 g/mol. The second-order valence-corrected chi connectivity index (χ2v) is 5.43. The van der Waals surface area contributed by atoms with Crippen LogP contribution in [0.5, 0.6) is 0 Å². The number of rotatable bonds is 4. The minimum Gasteiger partial charge on any atom is -0.375 e. The van der Waals surface area contributed by atoms with E-state index in [1.165, 1.54) is 0 Å². The third-order valence-electron chi connectivity index (χ3n) is 2.96. The zero-order chi connectivity index (χ0) is 15.2. The highest BCUT2D eigenvalue weighted by molar-refractivity contribution is 9.10. The largest absolute Gasteiger partial charge is 0.375 e. The lowest BCUT2D eigenvalue weighted by Crippen LogP contribution is -2.22. The predicted octanol–water partition coefficient (Wildman–Crippen LogP) is 3.68. The van der Waals surface area contributed by atoms with Gasteiger partial charge in [-0.05, 0) is 36.8 Å². The zero-order valence-corrected chi connectivity index (χ0v) is 13.1. The van der Waals surface area contributed by atoms with E-state index in [0.29, 0.717) is 11.3 Å². The molecule has 0 unspecified atom stereocenters. The number of carbonyl (C=O) groups excluding carboxylic acids is 1. The van der Waals surface area contributed by atoms with Crippen LogP contribution in [-0.2, 0) is 4.79 Å². The zero-order valence-electron chi connectivity index (χ0n) is 11.5. The Balaban J connectivity index is 2.01. The fraction of sp³-hybridized carbons (Fsp3) is 0.125. The van der Waals surface area contributed by atoms with Crippen molar-refractivity contribution in [2.24, 2.45) is 0 Å². The molecule has 0 aliphatic rings. The van der Waals surface area contributed by atoms with Crippen LogP contribution in [0, 0.1) is 18.3 Å². The molecule has 1 amide bonds. The van der Waals surface area contributed by atoms with E-state index in [2.05, 4.69) is 32.6 Å². The number of para-hydroxylation sites is 1. The van der Waals surface area contributed by atoms with Crippen molar-refractivity contribution in [3.8, 4) is 6.07 Å². The summed E-state index contributed by atoms with van der Waals surface area (Å²) in [4.78, 5) is 12.0. The molecule has 0 aromatic heterocycles. The van der Waals surface area contributed by atoms with Gasteiger partial charge in [-0.25, -0.2) is 0 Å². The van der Waals surface area contributed by atoms with Crippen molar-refractivity contribution in [2.75, 3.05) is 17.2 Å². The summed E-state index contributed by atoms with van der Waals surface area (Å²) in [5.74, 6) is -0.159. The molecule has 21 heavy (non-hydrogen) atoms. The molecule has 0 bridgehead atoms. The highest BCUT2D eigenvalue weighted by Crippen LogP contribution is 2.20. The predicted molar refractivity (Wildman–Crippen MR) is 87.2 cm³/mol. The number of nitrogens with zero attached hydrogens (tertiary/aromatic N) is 1. The molecule has 0 atom stereocenters. The summed E-state index contributed by atoms with van der Waals surface area (Å²) in [6, 6.07) is 14.9. The van der Waals surface area contributed by atoms with Gasteiger partial charge < -0.3 is 10.6 Å². The first-order valence-electron chi connectivity index (χ1n) is 6.39. The summed E-state index contributed by atoms with van der Waals surface area (Å²) in [7, 11) is 0. The van der Waals surface area contributed by atoms with Gasteiger partial charge in [-0.2, -0.15) is 5.26 Å². The number of benzene rings is 2. The summed E-state index contributed by atoms with van der Waals surface area (Å²) < 4.78 is 0.850. The molecule has 0 spiro atoms. The number of halogens is 1. The van der Waals surface area contributed by atoms with Gasteiger partial charge in [-0.3, -0.25) is 4.79 Å². The number of nitriles is 1. The lowest BCUT2D eigenvalue weighted by Gasteiger charge is -2.11. The molecule has 2 rings (SSSR count). The molecule has 0 heterocycles. The summed E-state index contributed by atoms with van der Waals surface area (Å²) in [6.45, 7) is 2.03. The van der Waals surface area contributed by atoms with Crippen LogP contribution in [0.1, 0.15) is 11.1 Å². The maximum atomic E-state index is 12.0. The van der Waals surface area contributed by atoms with Gasteiger partial charge in [0.15, 0.2) is 0 Å². The summed E-state index contributed by atoms with van der Waals surface area (Å²) in [6.07, 6.45) is 0. The molecular weight excluding hydrogens is 330 g/mol.